The predicted octanol–water partition coefficient (Wildman–Crippen LogP) is 6.22. The summed E-state index contributed by atoms with van der Waals surface area (Å²) in [6.07, 6.45) is 5.72. The van der Waals surface area contributed by atoms with Crippen LogP contribution in [0.3, 0.4) is 0 Å². The van der Waals surface area contributed by atoms with Gasteiger partial charge in [0.1, 0.15) is 11.5 Å². The van der Waals surface area contributed by atoms with E-state index in [1.807, 2.05) is 54.3 Å². The van der Waals surface area contributed by atoms with Crippen molar-refractivity contribution < 1.29 is 14.3 Å². The molecule has 0 bridgehead atoms. The van der Waals surface area contributed by atoms with Crippen LogP contribution in [0.4, 0.5) is 5.69 Å². The summed E-state index contributed by atoms with van der Waals surface area (Å²) in [5, 5.41) is 3.59. The molecule has 1 aliphatic rings. The Morgan fingerprint density at radius 1 is 0.829 bits per heavy atom. The highest BCUT2D eigenvalue weighted by Gasteiger charge is 2.20. The van der Waals surface area contributed by atoms with Gasteiger partial charge in [0.25, 0.3) is 5.91 Å². The highest BCUT2D eigenvalue weighted by Crippen LogP contribution is 2.30. The quantitative estimate of drug-likeness (QED) is 0.463. The maximum absolute atomic E-state index is 13.4. The first-order valence-electron chi connectivity index (χ1n) is 12.8. The molecular weight excluding hydrogens is 436 g/mol. The number of nitrogens with zero attached hydrogens (tertiary/aromatic N) is 1. The number of amides is 1. The normalized spacial score (nSPS) is 14.8. The van der Waals surface area contributed by atoms with Gasteiger partial charge < -0.3 is 19.7 Å². The third-order valence-corrected chi connectivity index (χ3v) is 6.33. The molecule has 5 heteroatoms. The number of hydrogen-bond acceptors (Lipinski definition) is 4. The van der Waals surface area contributed by atoms with Crippen LogP contribution in [-0.2, 0) is 11.3 Å². The summed E-state index contributed by atoms with van der Waals surface area (Å²) >= 11 is 0. The Labute approximate surface area is 209 Å². The van der Waals surface area contributed by atoms with E-state index in [4.69, 9.17) is 9.47 Å². The van der Waals surface area contributed by atoms with Gasteiger partial charge in [-0.3, -0.25) is 4.79 Å². The number of nitrogens with one attached hydrogen (secondary N) is 1. The second kappa shape index (κ2) is 13.0. The largest absolute Gasteiger partial charge is 0.494 e. The SMILES string of the molecule is CCOc1ccc(-c2ccc3c(c2)CNCCCCCCCN3C(=O)COc2ccccc2)cc1. The molecule has 1 aliphatic heterocycles. The molecule has 0 spiro atoms. The summed E-state index contributed by atoms with van der Waals surface area (Å²) in [4.78, 5) is 15.3. The smallest absolute Gasteiger partial charge is 0.264 e. The van der Waals surface area contributed by atoms with Gasteiger partial charge in [-0.2, -0.15) is 0 Å². The lowest BCUT2D eigenvalue weighted by Gasteiger charge is -2.27. The fourth-order valence-corrected chi connectivity index (χ4v) is 4.47. The van der Waals surface area contributed by atoms with Crippen LogP contribution >= 0.6 is 0 Å². The maximum atomic E-state index is 13.4. The molecule has 0 aliphatic carbocycles. The van der Waals surface area contributed by atoms with Crippen LogP contribution in [0.2, 0.25) is 0 Å². The van der Waals surface area contributed by atoms with E-state index in [0.29, 0.717) is 18.9 Å². The van der Waals surface area contributed by atoms with Crippen LogP contribution in [0.15, 0.2) is 72.8 Å². The molecule has 1 amide bonds. The molecule has 3 aromatic rings. The van der Waals surface area contributed by atoms with Gasteiger partial charge >= 0.3 is 0 Å². The topological polar surface area (TPSA) is 50.8 Å². The molecule has 3 aromatic carbocycles. The van der Waals surface area contributed by atoms with Crippen LogP contribution in [0.5, 0.6) is 11.5 Å². The third-order valence-electron chi connectivity index (χ3n) is 6.33. The fraction of sp³-hybridized carbons (Fsp3) is 0.367. The molecule has 184 valence electrons. The zero-order valence-corrected chi connectivity index (χ0v) is 20.7. The number of carbonyl (C=O) groups is 1. The third kappa shape index (κ3) is 7.09. The molecule has 4 rings (SSSR count). The van der Waals surface area contributed by atoms with Crippen molar-refractivity contribution in [3.63, 3.8) is 0 Å². The van der Waals surface area contributed by atoms with Crippen LogP contribution in [0.1, 0.15) is 44.6 Å². The van der Waals surface area contributed by atoms with Gasteiger partial charge in [0.2, 0.25) is 0 Å². The summed E-state index contributed by atoms with van der Waals surface area (Å²) in [5.74, 6) is 1.57. The Bertz CT molecular complexity index is 1070. The van der Waals surface area contributed by atoms with E-state index in [9.17, 15) is 4.79 Å². The molecule has 0 unspecified atom stereocenters. The number of ether oxygens (including phenoxy) is 2. The molecule has 1 heterocycles. The monoisotopic (exact) mass is 472 g/mol. The van der Waals surface area contributed by atoms with Crippen molar-refractivity contribution in [2.45, 2.75) is 45.6 Å². The van der Waals surface area contributed by atoms with Crippen molar-refractivity contribution in [2.75, 3.05) is 31.2 Å². The number of rotatable bonds is 6. The van der Waals surface area contributed by atoms with Crippen molar-refractivity contribution in [1.29, 1.82) is 0 Å². The van der Waals surface area contributed by atoms with Gasteiger partial charge in [0.05, 0.1) is 6.61 Å². The minimum Gasteiger partial charge on any atom is -0.494 e. The van der Waals surface area contributed by atoms with Crippen molar-refractivity contribution >= 4 is 11.6 Å². The van der Waals surface area contributed by atoms with Gasteiger partial charge in [-0.15, -0.1) is 0 Å². The van der Waals surface area contributed by atoms with E-state index >= 15 is 0 Å². The summed E-state index contributed by atoms with van der Waals surface area (Å²) in [7, 11) is 0. The zero-order chi connectivity index (χ0) is 24.3. The van der Waals surface area contributed by atoms with Gasteiger partial charge in [0, 0.05) is 18.8 Å². The van der Waals surface area contributed by atoms with E-state index in [1.165, 1.54) is 19.3 Å². The number of carbonyl (C=O) groups excluding carboxylic acids is 1. The van der Waals surface area contributed by atoms with Crippen LogP contribution in [0, 0.1) is 0 Å². The number of hydrogen-bond donors (Lipinski definition) is 1. The second-order valence-electron chi connectivity index (χ2n) is 8.89. The Morgan fingerprint density at radius 2 is 1.54 bits per heavy atom. The summed E-state index contributed by atoms with van der Waals surface area (Å²) in [6.45, 7) is 5.08. The van der Waals surface area contributed by atoms with Crippen LogP contribution in [-0.4, -0.2) is 32.2 Å². The molecule has 0 aromatic heterocycles. The average Bonchev–Trinajstić information content (AvgIpc) is 2.89. The van der Waals surface area contributed by atoms with Crippen molar-refractivity contribution in [2.24, 2.45) is 0 Å². The fourth-order valence-electron chi connectivity index (χ4n) is 4.47. The lowest BCUT2D eigenvalue weighted by molar-refractivity contribution is -0.120. The molecule has 35 heavy (non-hydrogen) atoms. The highest BCUT2D eigenvalue weighted by atomic mass is 16.5. The number of para-hydroxylation sites is 1. The number of fused-ring (bicyclic) bond motifs is 1. The minimum atomic E-state index is -0.0130. The first-order chi connectivity index (χ1) is 17.2. The van der Waals surface area contributed by atoms with E-state index in [0.717, 1.165) is 54.1 Å². The van der Waals surface area contributed by atoms with Gasteiger partial charge in [-0.05, 0) is 79.4 Å². The van der Waals surface area contributed by atoms with Crippen LogP contribution < -0.4 is 19.7 Å². The lowest BCUT2D eigenvalue weighted by atomic mass is 10.00. The molecule has 5 nitrogen and oxygen atoms in total. The zero-order valence-electron chi connectivity index (χ0n) is 20.7. The van der Waals surface area contributed by atoms with Crippen molar-refractivity contribution in [3.05, 3.63) is 78.4 Å². The molecule has 0 saturated heterocycles. The molecule has 0 atom stereocenters. The van der Waals surface area contributed by atoms with E-state index < -0.39 is 0 Å². The molecule has 0 saturated carbocycles. The molecular formula is C30H36N2O3. The van der Waals surface area contributed by atoms with Gasteiger partial charge in [0.15, 0.2) is 6.61 Å². The maximum Gasteiger partial charge on any atom is 0.264 e. The van der Waals surface area contributed by atoms with Crippen molar-refractivity contribution in [1.82, 2.24) is 5.32 Å². The van der Waals surface area contributed by atoms with Gasteiger partial charge in [-0.25, -0.2) is 0 Å². The number of anilines is 1. The second-order valence-corrected chi connectivity index (χ2v) is 8.89. The minimum absolute atomic E-state index is 0.0130. The lowest BCUT2D eigenvalue weighted by Crippen LogP contribution is -2.37. The van der Waals surface area contributed by atoms with Crippen molar-refractivity contribution in [3.8, 4) is 22.6 Å². The first-order valence-corrected chi connectivity index (χ1v) is 12.8. The molecule has 0 fully saturated rings. The summed E-state index contributed by atoms with van der Waals surface area (Å²) in [5.41, 5.74) is 4.36. The molecule has 1 N–H and O–H groups in total. The Hall–Kier alpha value is -3.31. The average molecular weight is 473 g/mol. The van der Waals surface area contributed by atoms with E-state index in [1.54, 1.807) is 0 Å². The van der Waals surface area contributed by atoms with Gasteiger partial charge in [-0.1, -0.05) is 55.7 Å². The first kappa shape index (κ1) is 24.8. The molecule has 0 radical (unpaired) electrons. The highest BCUT2D eigenvalue weighted by molar-refractivity contribution is 5.95. The van der Waals surface area contributed by atoms with E-state index in [-0.39, 0.29) is 12.5 Å². The Balaban J connectivity index is 1.60. The number of benzene rings is 3. The Morgan fingerprint density at radius 3 is 2.34 bits per heavy atom. The standard InChI is InChI=1S/C30H36N2O3/c1-2-34-28-16-13-24(14-17-28)25-15-18-29-26(21-25)22-31-19-9-4-3-5-10-20-32(29)30(33)23-35-27-11-7-6-8-12-27/h6-8,11-18,21,31H,2-5,9-10,19-20,22-23H2,1H3. The summed E-state index contributed by atoms with van der Waals surface area (Å²) < 4.78 is 11.4. The van der Waals surface area contributed by atoms with Crippen LogP contribution in [0.25, 0.3) is 11.1 Å². The predicted molar refractivity (Wildman–Crippen MR) is 142 cm³/mol. The summed E-state index contributed by atoms with van der Waals surface area (Å²) in [6, 6.07) is 24.1. The van der Waals surface area contributed by atoms with E-state index in [2.05, 4.69) is 35.6 Å². The Kier molecular flexibility index (Phi) is 9.18.